The first-order valence-corrected chi connectivity index (χ1v) is 7.57. The number of fused-ring (bicyclic) bond motifs is 1. The van der Waals surface area contributed by atoms with Crippen LogP contribution in [0.4, 0.5) is 5.82 Å². The Labute approximate surface area is 121 Å². The summed E-state index contributed by atoms with van der Waals surface area (Å²) < 4.78 is 0. The Bertz CT molecular complexity index is 592. The molecule has 106 valence electrons. The number of hydrogen-bond acceptors (Lipinski definition) is 3. The molecule has 2 heterocycles. The number of pyridine rings is 1. The predicted octanol–water partition coefficient (Wildman–Crippen LogP) is 3.12. The minimum Gasteiger partial charge on any atom is -0.352 e. The first-order chi connectivity index (χ1) is 9.79. The lowest BCUT2D eigenvalue weighted by Crippen LogP contribution is -2.45. The van der Waals surface area contributed by atoms with Gasteiger partial charge < -0.3 is 10.2 Å². The van der Waals surface area contributed by atoms with Gasteiger partial charge in [0, 0.05) is 24.5 Å². The number of likely N-dealkylation sites (N-methyl/N-ethyl adjacent to an activating group) is 1. The van der Waals surface area contributed by atoms with E-state index in [1.807, 2.05) is 7.05 Å². The highest BCUT2D eigenvalue weighted by molar-refractivity contribution is 5.81. The summed E-state index contributed by atoms with van der Waals surface area (Å²) in [5.74, 6) is 1.17. The van der Waals surface area contributed by atoms with Crippen LogP contribution in [0.25, 0.3) is 10.9 Å². The van der Waals surface area contributed by atoms with Crippen molar-refractivity contribution in [3.8, 4) is 0 Å². The quantitative estimate of drug-likeness (QED) is 0.928. The van der Waals surface area contributed by atoms with Gasteiger partial charge in [-0.2, -0.15) is 0 Å². The normalized spacial score (nSPS) is 19.5. The molecule has 0 amide bonds. The Kier molecular flexibility index (Phi) is 3.88. The summed E-state index contributed by atoms with van der Waals surface area (Å²) in [5, 5.41) is 4.56. The Morgan fingerprint density at radius 1 is 1.30 bits per heavy atom. The summed E-state index contributed by atoms with van der Waals surface area (Å²) in [6.45, 7) is 4.34. The van der Waals surface area contributed by atoms with Gasteiger partial charge in [-0.3, -0.25) is 0 Å². The second kappa shape index (κ2) is 5.80. The van der Waals surface area contributed by atoms with E-state index in [9.17, 15) is 0 Å². The van der Waals surface area contributed by atoms with Gasteiger partial charge in [0.05, 0.1) is 5.52 Å². The van der Waals surface area contributed by atoms with Gasteiger partial charge in [-0.1, -0.05) is 18.2 Å². The zero-order chi connectivity index (χ0) is 13.9. The van der Waals surface area contributed by atoms with Gasteiger partial charge in [0.15, 0.2) is 0 Å². The number of aromatic nitrogens is 1. The Hall–Kier alpha value is -1.61. The van der Waals surface area contributed by atoms with Crippen LogP contribution in [0.2, 0.25) is 0 Å². The summed E-state index contributed by atoms with van der Waals surface area (Å²) in [4.78, 5) is 7.43. The number of rotatable bonds is 3. The van der Waals surface area contributed by atoms with Crippen molar-refractivity contribution in [2.75, 3.05) is 25.0 Å². The summed E-state index contributed by atoms with van der Waals surface area (Å²) in [6, 6.07) is 11.2. The highest BCUT2D eigenvalue weighted by Gasteiger charge is 2.24. The second-order valence-corrected chi connectivity index (χ2v) is 5.72. The van der Waals surface area contributed by atoms with Crippen molar-refractivity contribution in [2.45, 2.75) is 32.2 Å². The van der Waals surface area contributed by atoms with Gasteiger partial charge in [-0.05, 0) is 50.9 Å². The fraction of sp³-hybridized carbons (Fsp3) is 0.471. The number of anilines is 1. The highest BCUT2D eigenvalue weighted by atomic mass is 15.2. The van der Waals surface area contributed by atoms with Crippen LogP contribution in [-0.2, 0) is 0 Å². The van der Waals surface area contributed by atoms with E-state index in [0.717, 1.165) is 18.6 Å². The lowest BCUT2D eigenvalue weighted by atomic mass is 10.0. The van der Waals surface area contributed by atoms with E-state index in [-0.39, 0.29) is 0 Å². The SMILES string of the molecule is CNCC1CCCCN1c1nc2ccccc2cc1C. The molecule has 0 aliphatic carbocycles. The standard InChI is InChI=1S/C17H23N3/c1-13-11-14-7-3-4-9-16(14)19-17(13)20-10-6-5-8-15(20)12-18-2/h3-4,7,9,11,15,18H,5-6,8,10,12H2,1-2H3. The van der Waals surface area contributed by atoms with Crippen LogP contribution in [0.3, 0.4) is 0 Å². The minimum absolute atomic E-state index is 0.570. The van der Waals surface area contributed by atoms with Crippen molar-refractivity contribution in [1.29, 1.82) is 0 Å². The van der Waals surface area contributed by atoms with Gasteiger partial charge >= 0.3 is 0 Å². The fourth-order valence-electron chi connectivity index (χ4n) is 3.23. The van der Waals surface area contributed by atoms with Crippen LogP contribution < -0.4 is 10.2 Å². The summed E-state index contributed by atoms with van der Waals surface area (Å²) in [6.07, 6.45) is 3.86. The zero-order valence-corrected chi connectivity index (χ0v) is 12.4. The number of hydrogen-bond donors (Lipinski definition) is 1. The van der Waals surface area contributed by atoms with E-state index < -0.39 is 0 Å². The van der Waals surface area contributed by atoms with Crippen molar-refractivity contribution in [3.05, 3.63) is 35.9 Å². The van der Waals surface area contributed by atoms with Crippen LogP contribution >= 0.6 is 0 Å². The summed E-state index contributed by atoms with van der Waals surface area (Å²) >= 11 is 0. The van der Waals surface area contributed by atoms with E-state index in [2.05, 4.69) is 47.5 Å². The molecule has 1 aromatic heterocycles. The molecule has 2 aromatic rings. The summed E-state index contributed by atoms with van der Waals surface area (Å²) in [5.41, 5.74) is 2.38. The van der Waals surface area contributed by atoms with Gasteiger partial charge in [-0.15, -0.1) is 0 Å². The molecule has 20 heavy (non-hydrogen) atoms. The lowest BCUT2D eigenvalue weighted by Gasteiger charge is -2.37. The molecule has 1 unspecified atom stereocenters. The summed E-state index contributed by atoms with van der Waals surface area (Å²) in [7, 11) is 2.04. The maximum atomic E-state index is 4.93. The Balaban J connectivity index is 2.00. The zero-order valence-electron chi connectivity index (χ0n) is 12.4. The average Bonchev–Trinajstić information content (AvgIpc) is 2.48. The van der Waals surface area contributed by atoms with E-state index in [1.165, 1.54) is 36.0 Å². The van der Waals surface area contributed by atoms with Crippen molar-refractivity contribution < 1.29 is 0 Å². The van der Waals surface area contributed by atoms with Gasteiger partial charge in [0.2, 0.25) is 0 Å². The lowest BCUT2D eigenvalue weighted by molar-refractivity contribution is 0.443. The molecule has 1 aliphatic heterocycles. The van der Waals surface area contributed by atoms with Gasteiger partial charge in [0.25, 0.3) is 0 Å². The monoisotopic (exact) mass is 269 g/mol. The molecule has 0 bridgehead atoms. The topological polar surface area (TPSA) is 28.2 Å². The molecule has 1 N–H and O–H groups in total. The van der Waals surface area contributed by atoms with Crippen LogP contribution in [0.5, 0.6) is 0 Å². The number of piperidine rings is 1. The molecule has 3 rings (SSSR count). The number of aryl methyl sites for hydroxylation is 1. The molecule has 1 fully saturated rings. The minimum atomic E-state index is 0.570. The third-order valence-electron chi connectivity index (χ3n) is 4.23. The second-order valence-electron chi connectivity index (χ2n) is 5.72. The molecular formula is C17H23N3. The third kappa shape index (κ3) is 2.50. The fourth-order valence-corrected chi connectivity index (χ4v) is 3.23. The molecule has 1 aliphatic rings. The number of nitrogens with one attached hydrogen (secondary N) is 1. The highest BCUT2D eigenvalue weighted by Crippen LogP contribution is 2.28. The maximum absolute atomic E-state index is 4.93. The Morgan fingerprint density at radius 2 is 2.15 bits per heavy atom. The molecule has 0 saturated carbocycles. The third-order valence-corrected chi connectivity index (χ3v) is 4.23. The number of para-hydroxylation sites is 1. The van der Waals surface area contributed by atoms with E-state index in [4.69, 9.17) is 4.98 Å². The van der Waals surface area contributed by atoms with Crippen molar-refractivity contribution >= 4 is 16.7 Å². The van der Waals surface area contributed by atoms with E-state index in [0.29, 0.717) is 6.04 Å². The van der Waals surface area contributed by atoms with Crippen molar-refractivity contribution in [3.63, 3.8) is 0 Å². The first kappa shape index (κ1) is 13.4. The Morgan fingerprint density at radius 3 is 3.00 bits per heavy atom. The molecule has 0 radical (unpaired) electrons. The molecule has 1 atom stereocenters. The first-order valence-electron chi connectivity index (χ1n) is 7.57. The van der Waals surface area contributed by atoms with E-state index >= 15 is 0 Å². The molecule has 0 spiro atoms. The molecule has 1 saturated heterocycles. The number of benzene rings is 1. The predicted molar refractivity (Wildman–Crippen MR) is 85.4 cm³/mol. The van der Waals surface area contributed by atoms with Gasteiger partial charge in [-0.25, -0.2) is 4.98 Å². The molecular weight excluding hydrogens is 246 g/mol. The van der Waals surface area contributed by atoms with Crippen LogP contribution in [-0.4, -0.2) is 31.2 Å². The van der Waals surface area contributed by atoms with Crippen molar-refractivity contribution in [2.24, 2.45) is 0 Å². The molecule has 3 nitrogen and oxygen atoms in total. The van der Waals surface area contributed by atoms with Crippen LogP contribution in [0.1, 0.15) is 24.8 Å². The maximum Gasteiger partial charge on any atom is 0.132 e. The van der Waals surface area contributed by atoms with Crippen molar-refractivity contribution in [1.82, 2.24) is 10.3 Å². The smallest absolute Gasteiger partial charge is 0.132 e. The van der Waals surface area contributed by atoms with Gasteiger partial charge in [0.1, 0.15) is 5.82 Å². The largest absolute Gasteiger partial charge is 0.352 e. The van der Waals surface area contributed by atoms with E-state index in [1.54, 1.807) is 0 Å². The van der Waals surface area contributed by atoms with Crippen LogP contribution in [0.15, 0.2) is 30.3 Å². The average molecular weight is 269 g/mol. The number of nitrogens with zero attached hydrogens (tertiary/aromatic N) is 2. The molecule has 3 heteroatoms. The molecule has 1 aromatic carbocycles. The van der Waals surface area contributed by atoms with Crippen LogP contribution in [0, 0.1) is 6.92 Å².